The Labute approximate surface area is 227 Å². The van der Waals surface area contributed by atoms with Crippen molar-refractivity contribution in [2.24, 2.45) is 23.7 Å². The second kappa shape index (κ2) is 14.3. The van der Waals surface area contributed by atoms with Gasteiger partial charge in [0.1, 0.15) is 11.5 Å². The number of aliphatic imine (C=N–C) groups is 1. The van der Waals surface area contributed by atoms with Gasteiger partial charge in [-0.05, 0) is 24.1 Å². The first kappa shape index (κ1) is 28.8. The van der Waals surface area contributed by atoms with Crippen molar-refractivity contribution in [2.75, 3.05) is 19.9 Å². The lowest BCUT2D eigenvalue weighted by atomic mass is 9.91. The molecule has 38 heavy (non-hydrogen) atoms. The van der Waals surface area contributed by atoms with Gasteiger partial charge in [-0.2, -0.15) is 5.10 Å². The number of hydrogen-bond acceptors (Lipinski definition) is 9. The molecule has 202 valence electrons. The Morgan fingerprint density at radius 3 is 2.53 bits per heavy atom. The second-order valence-electron chi connectivity index (χ2n) is 9.01. The number of anilines is 1. The first-order chi connectivity index (χ1) is 18.5. The maximum atomic E-state index is 7.00. The van der Waals surface area contributed by atoms with Crippen molar-refractivity contribution in [3.8, 4) is 22.8 Å². The van der Waals surface area contributed by atoms with Gasteiger partial charge in [-0.15, -0.1) is 0 Å². The third-order valence-corrected chi connectivity index (χ3v) is 6.95. The fourth-order valence-electron chi connectivity index (χ4n) is 4.27. The first-order valence-corrected chi connectivity index (χ1v) is 13.4. The molecule has 1 aromatic carbocycles. The summed E-state index contributed by atoms with van der Waals surface area (Å²) < 4.78 is 8.73. The van der Waals surface area contributed by atoms with Crippen molar-refractivity contribution < 1.29 is 9.84 Å². The highest BCUT2D eigenvalue weighted by Crippen LogP contribution is 2.33. The number of nitrogens with two attached hydrogens (primary N) is 2. The van der Waals surface area contributed by atoms with Crippen LogP contribution in [-0.2, 0) is 7.05 Å². The summed E-state index contributed by atoms with van der Waals surface area (Å²) in [6.07, 6.45) is 15.9. The van der Waals surface area contributed by atoms with E-state index in [2.05, 4.69) is 27.0 Å². The van der Waals surface area contributed by atoms with Gasteiger partial charge < -0.3 is 21.3 Å². The van der Waals surface area contributed by atoms with Crippen molar-refractivity contribution >= 4 is 38.5 Å². The van der Waals surface area contributed by atoms with Crippen LogP contribution in [0.15, 0.2) is 54.0 Å². The zero-order valence-electron chi connectivity index (χ0n) is 22.5. The summed E-state index contributed by atoms with van der Waals surface area (Å²) >= 11 is 1.42. The lowest BCUT2D eigenvalue weighted by Crippen LogP contribution is -1.99. The molecule has 3 heterocycles. The number of aromatic nitrogens is 4. The van der Waals surface area contributed by atoms with Crippen molar-refractivity contribution in [1.29, 1.82) is 0 Å². The molecule has 9 nitrogen and oxygen atoms in total. The molecule has 3 aromatic heterocycles. The standard InChI is InChI=1S/C20H19N7OS.C7H14.CH4O/c1-23-8-12(7-21)16-5-15(10-24-19(16)13-9-25-27(2)11-13)28-14-3-4-17-18(6-14)29-20(22)26-17;1-7-5-3-2-4-6-7;1-2/h3-11H,21H2,1-2H3,(H2,22,26);7H,2-6H2,1H3;2H,1H3/b12-7+,23-8?;;. The molecule has 1 fully saturated rings. The van der Waals surface area contributed by atoms with Gasteiger partial charge in [0.25, 0.3) is 0 Å². The monoisotopic (exact) mass is 535 g/mol. The molecule has 10 heteroatoms. The molecule has 0 radical (unpaired) electrons. The highest BCUT2D eigenvalue weighted by molar-refractivity contribution is 7.22. The number of nitrogen functional groups attached to an aromatic ring is 1. The third-order valence-electron chi connectivity index (χ3n) is 6.11. The highest BCUT2D eigenvalue weighted by Gasteiger charge is 2.14. The predicted molar refractivity (Wildman–Crippen MR) is 158 cm³/mol. The van der Waals surface area contributed by atoms with E-state index in [0.717, 1.165) is 45.6 Å². The fourth-order valence-corrected chi connectivity index (χ4v) is 5.03. The van der Waals surface area contributed by atoms with E-state index >= 15 is 0 Å². The molecular formula is C28H37N7O2S. The molecule has 0 unspecified atom stereocenters. The Kier molecular flexibility index (Phi) is 10.8. The van der Waals surface area contributed by atoms with Crippen LogP contribution in [0.5, 0.6) is 11.5 Å². The summed E-state index contributed by atoms with van der Waals surface area (Å²) in [7, 11) is 4.55. The Morgan fingerprint density at radius 1 is 1.16 bits per heavy atom. The number of aryl methyl sites for hydroxylation is 1. The van der Waals surface area contributed by atoms with Crippen LogP contribution < -0.4 is 16.2 Å². The van der Waals surface area contributed by atoms with Crippen LogP contribution in [0.25, 0.3) is 27.0 Å². The lowest BCUT2D eigenvalue weighted by Gasteiger charge is -2.15. The van der Waals surface area contributed by atoms with Crippen LogP contribution in [-0.4, -0.2) is 45.2 Å². The number of thiazole rings is 1. The van der Waals surface area contributed by atoms with Crippen LogP contribution >= 0.6 is 11.3 Å². The number of nitrogens with zero attached hydrogens (tertiary/aromatic N) is 5. The second-order valence-corrected chi connectivity index (χ2v) is 10.1. The molecule has 0 amide bonds. The highest BCUT2D eigenvalue weighted by atomic mass is 32.1. The van der Waals surface area contributed by atoms with Crippen LogP contribution in [0.1, 0.15) is 44.6 Å². The zero-order valence-corrected chi connectivity index (χ0v) is 23.3. The Bertz CT molecular complexity index is 1370. The summed E-state index contributed by atoms with van der Waals surface area (Å²) in [5.41, 5.74) is 15.6. The SMILES string of the molecule is CC1CCCCC1.CN=C/C(=C\N)c1cc(Oc2ccc3nc(N)sc3c2)cnc1-c1cnn(C)c1.CO. The number of aliphatic hydroxyl groups excluding tert-OH is 1. The van der Waals surface area contributed by atoms with Crippen molar-refractivity contribution in [3.05, 3.63) is 54.6 Å². The van der Waals surface area contributed by atoms with Gasteiger partial charge in [-0.25, -0.2) is 4.98 Å². The Morgan fingerprint density at radius 2 is 1.92 bits per heavy atom. The van der Waals surface area contributed by atoms with E-state index in [1.807, 2.05) is 37.5 Å². The molecule has 0 bridgehead atoms. The van der Waals surface area contributed by atoms with E-state index in [0.29, 0.717) is 16.6 Å². The number of pyridine rings is 1. The number of hydrogen-bond donors (Lipinski definition) is 3. The molecule has 0 aliphatic heterocycles. The summed E-state index contributed by atoms with van der Waals surface area (Å²) in [5.74, 6) is 2.28. The normalized spacial score (nSPS) is 14.1. The number of fused-ring (bicyclic) bond motifs is 1. The molecular weight excluding hydrogens is 498 g/mol. The van der Waals surface area contributed by atoms with E-state index < -0.39 is 0 Å². The van der Waals surface area contributed by atoms with Gasteiger partial charge >= 0.3 is 0 Å². The van der Waals surface area contributed by atoms with Crippen LogP contribution in [0.2, 0.25) is 0 Å². The Hall–Kier alpha value is -3.76. The van der Waals surface area contributed by atoms with Crippen molar-refractivity contribution in [2.45, 2.75) is 39.0 Å². The van der Waals surface area contributed by atoms with E-state index in [4.69, 9.17) is 21.3 Å². The molecule has 1 aliphatic rings. The summed E-state index contributed by atoms with van der Waals surface area (Å²) in [4.78, 5) is 13.0. The smallest absolute Gasteiger partial charge is 0.181 e. The number of allylic oxidation sites excluding steroid dienone is 1. The van der Waals surface area contributed by atoms with Crippen LogP contribution in [0.3, 0.4) is 0 Å². The molecule has 1 aliphatic carbocycles. The minimum Gasteiger partial charge on any atom is -0.456 e. The zero-order chi connectivity index (χ0) is 27.5. The minimum atomic E-state index is 0.526. The number of benzene rings is 1. The van der Waals surface area contributed by atoms with E-state index in [-0.39, 0.29) is 0 Å². The van der Waals surface area contributed by atoms with Crippen molar-refractivity contribution in [3.63, 3.8) is 0 Å². The largest absolute Gasteiger partial charge is 0.456 e. The van der Waals surface area contributed by atoms with Gasteiger partial charge in [0.15, 0.2) is 5.13 Å². The average molecular weight is 536 g/mol. The summed E-state index contributed by atoms with van der Waals surface area (Å²) in [6, 6.07) is 7.53. The van der Waals surface area contributed by atoms with Crippen molar-refractivity contribution in [1.82, 2.24) is 19.7 Å². The van der Waals surface area contributed by atoms with Gasteiger partial charge in [-0.3, -0.25) is 14.7 Å². The summed E-state index contributed by atoms with van der Waals surface area (Å²) in [6.45, 7) is 2.36. The van der Waals surface area contributed by atoms with E-state index in [9.17, 15) is 0 Å². The number of aliphatic hydroxyl groups is 1. The van der Waals surface area contributed by atoms with E-state index in [1.54, 1.807) is 30.3 Å². The first-order valence-electron chi connectivity index (χ1n) is 12.6. The van der Waals surface area contributed by atoms with Gasteiger partial charge in [-0.1, -0.05) is 50.4 Å². The van der Waals surface area contributed by atoms with Gasteiger partial charge in [0.05, 0.1) is 28.3 Å². The number of rotatable bonds is 5. The topological polar surface area (TPSA) is 137 Å². The molecule has 5 N–H and O–H groups in total. The maximum Gasteiger partial charge on any atom is 0.181 e. The third kappa shape index (κ3) is 7.62. The average Bonchev–Trinajstić information content (AvgIpc) is 3.53. The van der Waals surface area contributed by atoms with Gasteiger partial charge in [0.2, 0.25) is 0 Å². The Balaban J connectivity index is 0.000000381. The molecule has 0 spiro atoms. The maximum absolute atomic E-state index is 7.00. The molecule has 0 atom stereocenters. The molecule has 5 rings (SSSR count). The lowest BCUT2D eigenvalue weighted by molar-refractivity contribution is 0.385. The number of ether oxygens (including phenoxy) is 1. The van der Waals surface area contributed by atoms with Crippen LogP contribution in [0.4, 0.5) is 5.13 Å². The van der Waals surface area contributed by atoms with Crippen LogP contribution in [0, 0.1) is 5.92 Å². The molecule has 0 saturated heterocycles. The predicted octanol–water partition coefficient (Wildman–Crippen LogP) is 5.66. The fraction of sp³-hybridized carbons (Fsp3) is 0.357. The quantitative estimate of drug-likeness (QED) is 0.280. The van der Waals surface area contributed by atoms with Gasteiger partial charge in [0, 0.05) is 62.6 Å². The summed E-state index contributed by atoms with van der Waals surface area (Å²) in [5, 5.41) is 11.8. The molecule has 4 aromatic rings. The minimum absolute atomic E-state index is 0.526. The molecule has 1 saturated carbocycles. The van der Waals surface area contributed by atoms with E-state index in [1.165, 1.54) is 49.6 Å².